The number of carbonyl (C=O) groups excluding carboxylic acids is 1. The summed E-state index contributed by atoms with van der Waals surface area (Å²) < 4.78 is 6.69. The van der Waals surface area contributed by atoms with Gasteiger partial charge in [0.1, 0.15) is 0 Å². The molecule has 104 valence electrons. The summed E-state index contributed by atoms with van der Waals surface area (Å²) in [5.41, 5.74) is 1.92. The Morgan fingerprint density at radius 3 is 2.53 bits per heavy atom. The average Bonchev–Trinajstić information content (AvgIpc) is 2.58. The van der Waals surface area contributed by atoms with E-state index in [4.69, 9.17) is 4.74 Å². The van der Waals surface area contributed by atoms with Crippen molar-refractivity contribution in [3.63, 3.8) is 0 Å². The normalized spacial score (nSPS) is 30.4. The average molecular weight is 326 g/mol. The molecule has 1 amide bonds. The molecule has 0 radical (unpaired) electrons. The van der Waals surface area contributed by atoms with E-state index in [9.17, 15) is 4.79 Å². The van der Waals surface area contributed by atoms with E-state index in [1.165, 1.54) is 0 Å². The highest BCUT2D eigenvalue weighted by molar-refractivity contribution is 9.10. The number of nitrogens with one attached hydrogen (secondary N) is 1. The number of rotatable bonds is 2. The molecule has 0 spiro atoms. The number of carbonyl (C=O) groups is 1. The standard InChI is InChI=1S/C15H20BrNO2/c1-8-5-6-12(16)7-13(8)17-15(18)14-9(2)10(3)19-11(14)4/h5-7,9-11,14H,1-4H3,(H,17,18). The molecule has 1 aromatic rings. The second kappa shape index (κ2) is 5.63. The van der Waals surface area contributed by atoms with E-state index in [1.54, 1.807) is 0 Å². The van der Waals surface area contributed by atoms with E-state index in [2.05, 4.69) is 28.2 Å². The Morgan fingerprint density at radius 1 is 1.26 bits per heavy atom. The SMILES string of the molecule is Cc1ccc(Br)cc1NC(=O)C1C(C)OC(C)C1C. The van der Waals surface area contributed by atoms with Crippen molar-refractivity contribution in [2.75, 3.05) is 5.32 Å². The van der Waals surface area contributed by atoms with Gasteiger partial charge in [-0.25, -0.2) is 0 Å². The molecule has 2 rings (SSSR count). The first-order valence-corrected chi connectivity index (χ1v) is 7.42. The first-order valence-electron chi connectivity index (χ1n) is 6.62. The fraction of sp³-hybridized carbons (Fsp3) is 0.533. The zero-order valence-electron chi connectivity index (χ0n) is 11.7. The second-order valence-electron chi connectivity index (χ2n) is 5.38. The van der Waals surface area contributed by atoms with Crippen molar-refractivity contribution in [2.24, 2.45) is 11.8 Å². The number of hydrogen-bond donors (Lipinski definition) is 1. The van der Waals surface area contributed by atoms with E-state index in [-0.39, 0.29) is 30.0 Å². The van der Waals surface area contributed by atoms with Crippen LogP contribution in [0.1, 0.15) is 26.3 Å². The Balaban J connectivity index is 2.15. The lowest BCUT2D eigenvalue weighted by atomic mass is 9.88. The Bertz CT molecular complexity index is 489. The lowest BCUT2D eigenvalue weighted by Crippen LogP contribution is -2.32. The van der Waals surface area contributed by atoms with Crippen LogP contribution in [-0.2, 0) is 9.53 Å². The van der Waals surface area contributed by atoms with Crippen molar-refractivity contribution in [3.05, 3.63) is 28.2 Å². The molecule has 1 aliphatic heterocycles. The van der Waals surface area contributed by atoms with Gasteiger partial charge >= 0.3 is 0 Å². The molecular weight excluding hydrogens is 306 g/mol. The molecule has 4 atom stereocenters. The van der Waals surface area contributed by atoms with Crippen LogP contribution in [0.3, 0.4) is 0 Å². The topological polar surface area (TPSA) is 38.3 Å². The van der Waals surface area contributed by atoms with Gasteiger partial charge in [-0.15, -0.1) is 0 Å². The van der Waals surface area contributed by atoms with Gasteiger partial charge < -0.3 is 10.1 Å². The lowest BCUT2D eigenvalue weighted by molar-refractivity contribution is -0.121. The number of amides is 1. The van der Waals surface area contributed by atoms with Crippen molar-refractivity contribution < 1.29 is 9.53 Å². The zero-order valence-corrected chi connectivity index (χ0v) is 13.3. The van der Waals surface area contributed by atoms with E-state index in [0.717, 1.165) is 15.7 Å². The van der Waals surface area contributed by atoms with Gasteiger partial charge in [0, 0.05) is 10.2 Å². The monoisotopic (exact) mass is 325 g/mol. The number of hydrogen-bond acceptors (Lipinski definition) is 2. The molecule has 1 aliphatic rings. The van der Waals surface area contributed by atoms with Gasteiger partial charge in [-0.05, 0) is 44.4 Å². The third kappa shape index (κ3) is 3.00. The van der Waals surface area contributed by atoms with Crippen LogP contribution in [0.5, 0.6) is 0 Å². The van der Waals surface area contributed by atoms with E-state index < -0.39 is 0 Å². The van der Waals surface area contributed by atoms with Crippen LogP contribution in [0.25, 0.3) is 0 Å². The van der Waals surface area contributed by atoms with Gasteiger partial charge in [0.05, 0.1) is 18.1 Å². The largest absolute Gasteiger partial charge is 0.374 e. The fourth-order valence-electron chi connectivity index (χ4n) is 2.66. The number of aryl methyl sites for hydroxylation is 1. The zero-order chi connectivity index (χ0) is 14.2. The van der Waals surface area contributed by atoms with Crippen LogP contribution in [0.15, 0.2) is 22.7 Å². The maximum absolute atomic E-state index is 12.4. The van der Waals surface area contributed by atoms with Gasteiger partial charge in [0.25, 0.3) is 0 Å². The maximum Gasteiger partial charge on any atom is 0.230 e. The van der Waals surface area contributed by atoms with Crippen molar-refractivity contribution in [3.8, 4) is 0 Å². The summed E-state index contributed by atoms with van der Waals surface area (Å²) in [4.78, 5) is 12.4. The molecule has 1 heterocycles. The second-order valence-corrected chi connectivity index (χ2v) is 6.30. The Kier molecular flexibility index (Phi) is 4.31. The first kappa shape index (κ1) is 14.5. The molecular formula is C15H20BrNO2. The number of halogens is 1. The molecule has 19 heavy (non-hydrogen) atoms. The first-order chi connectivity index (χ1) is 8.90. The molecule has 4 unspecified atom stereocenters. The Morgan fingerprint density at radius 2 is 1.95 bits per heavy atom. The smallest absolute Gasteiger partial charge is 0.230 e. The summed E-state index contributed by atoms with van der Waals surface area (Å²) >= 11 is 3.43. The third-order valence-corrected chi connectivity index (χ3v) is 4.50. The van der Waals surface area contributed by atoms with Crippen molar-refractivity contribution in [1.82, 2.24) is 0 Å². The molecule has 1 fully saturated rings. The molecule has 0 saturated carbocycles. The van der Waals surface area contributed by atoms with Gasteiger partial charge in [0.15, 0.2) is 0 Å². The van der Waals surface area contributed by atoms with Crippen LogP contribution in [0, 0.1) is 18.8 Å². The Labute approximate surface area is 122 Å². The molecule has 1 aromatic carbocycles. The summed E-state index contributed by atoms with van der Waals surface area (Å²) in [5, 5.41) is 3.03. The summed E-state index contributed by atoms with van der Waals surface area (Å²) in [7, 11) is 0. The highest BCUT2D eigenvalue weighted by Crippen LogP contribution is 2.33. The minimum Gasteiger partial charge on any atom is -0.374 e. The summed E-state index contributed by atoms with van der Waals surface area (Å²) in [6.45, 7) is 8.06. The van der Waals surface area contributed by atoms with Crippen LogP contribution >= 0.6 is 15.9 Å². The van der Waals surface area contributed by atoms with Crippen LogP contribution in [-0.4, -0.2) is 18.1 Å². The van der Waals surface area contributed by atoms with Crippen molar-refractivity contribution in [2.45, 2.75) is 39.9 Å². The number of benzene rings is 1. The van der Waals surface area contributed by atoms with Crippen LogP contribution < -0.4 is 5.32 Å². The summed E-state index contributed by atoms with van der Waals surface area (Å²) in [6.07, 6.45) is 0.104. The molecule has 0 bridgehead atoms. The minimum atomic E-state index is -0.0895. The lowest BCUT2D eigenvalue weighted by Gasteiger charge is -2.19. The van der Waals surface area contributed by atoms with E-state index >= 15 is 0 Å². The maximum atomic E-state index is 12.4. The minimum absolute atomic E-state index is 0.0301. The number of ether oxygens (including phenoxy) is 1. The predicted octanol–water partition coefficient (Wildman–Crippen LogP) is 3.76. The van der Waals surface area contributed by atoms with Crippen LogP contribution in [0.4, 0.5) is 5.69 Å². The van der Waals surface area contributed by atoms with Gasteiger partial charge in [-0.2, -0.15) is 0 Å². The van der Waals surface area contributed by atoms with Crippen molar-refractivity contribution in [1.29, 1.82) is 0 Å². The van der Waals surface area contributed by atoms with E-state index in [1.807, 2.05) is 39.0 Å². The van der Waals surface area contributed by atoms with Gasteiger partial charge in [-0.1, -0.05) is 28.9 Å². The quantitative estimate of drug-likeness (QED) is 0.899. The summed E-state index contributed by atoms with van der Waals surface area (Å²) in [5.74, 6) is 0.196. The van der Waals surface area contributed by atoms with E-state index in [0.29, 0.717) is 0 Å². The summed E-state index contributed by atoms with van der Waals surface area (Å²) in [6, 6.07) is 5.89. The molecule has 1 N–H and O–H groups in total. The molecule has 3 nitrogen and oxygen atoms in total. The highest BCUT2D eigenvalue weighted by atomic mass is 79.9. The molecule has 0 aromatic heterocycles. The van der Waals surface area contributed by atoms with Crippen LogP contribution in [0.2, 0.25) is 0 Å². The van der Waals surface area contributed by atoms with Gasteiger partial charge in [-0.3, -0.25) is 4.79 Å². The van der Waals surface area contributed by atoms with Crippen molar-refractivity contribution >= 4 is 27.5 Å². The third-order valence-electron chi connectivity index (χ3n) is 4.00. The fourth-order valence-corrected chi connectivity index (χ4v) is 3.02. The molecule has 1 saturated heterocycles. The van der Waals surface area contributed by atoms with Gasteiger partial charge in [0.2, 0.25) is 5.91 Å². The molecule has 0 aliphatic carbocycles. The Hall–Kier alpha value is -0.870. The highest BCUT2D eigenvalue weighted by Gasteiger charge is 2.41. The predicted molar refractivity (Wildman–Crippen MR) is 80.2 cm³/mol. The number of anilines is 1. The molecule has 4 heteroatoms.